The standard InChI is InChI=1S/C16H26O6/c1-5-7-13(17)8-6-9-16(20-4)11-12(2)14(21-22-16)10-15(18)19-3/h5,12,14H,1,6-11H2,2-4H3/t12-,14-,16+/m0/s1. The van der Waals surface area contributed by atoms with Crippen LogP contribution in [0.4, 0.5) is 0 Å². The van der Waals surface area contributed by atoms with Gasteiger partial charge in [0.05, 0.1) is 13.5 Å². The zero-order valence-electron chi connectivity index (χ0n) is 13.6. The second kappa shape index (κ2) is 9.02. The Morgan fingerprint density at radius 1 is 1.41 bits per heavy atom. The number of esters is 1. The van der Waals surface area contributed by atoms with Crippen molar-refractivity contribution in [2.45, 2.75) is 57.3 Å². The molecule has 6 heteroatoms. The van der Waals surface area contributed by atoms with E-state index in [4.69, 9.17) is 14.5 Å². The number of Topliss-reactive ketones (excluding diaryl/α,β-unsaturated/α-hetero) is 1. The first-order valence-corrected chi connectivity index (χ1v) is 7.55. The average Bonchev–Trinajstić information content (AvgIpc) is 2.50. The predicted molar refractivity (Wildman–Crippen MR) is 79.8 cm³/mol. The summed E-state index contributed by atoms with van der Waals surface area (Å²) >= 11 is 0. The molecule has 0 aliphatic carbocycles. The third-order valence-electron chi connectivity index (χ3n) is 3.94. The Morgan fingerprint density at radius 3 is 2.68 bits per heavy atom. The summed E-state index contributed by atoms with van der Waals surface area (Å²) in [5.74, 6) is -0.966. The fourth-order valence-corrected chi connectivity index (χ4v) is 2.56. The molecule has 0 amide bonds. The Morgan fingerprint density at radius 2 is 2.14 bits per heavy atom. The van der Waals surface area contributed by atoms with Crippen LogP contribution in [0.3, 0.4) is 0 Å². The van der Waals surface area contributed by atoms with Gasteiger partial charge in [-0.2, -0.15) is 0 Å². The quantitative estimate of drug-likeness (QED) is 0.370. The summed E-state index contributed by atoms with van der Waals surface area (Å²) in [6.45, 7) is 5.53. The molecule has 0 aromatic rings. The lowest BCUT2D eigenvalue weighted by Crippen LogP contribution is -2.46. The highest BCUT2D eigenvalue weighted by Gasteiger charge is 2.42. The molecule has 6 nitrogen and oxygen atoms in total. The van der Waals surface area contributed by atoms with Crippen LogP contribution in [0, 0.1) is 5.92 Å². The van der Waals surface area contributed by atoms with Crippen molar-refractivity contribution in [2.24, 2.45) is 5.92 Å². The monoisotopic (exact) mass is 314 g/mol. The number of hydrogen-bond acceptors (Lipinski definition) is 6. The number of rotatable bonds is 9. The molecule has 126 valence electrons. The maximum absolute atomic E-state index is 11.5. The first kappa shape index (κ1) is 18.8. The lowest BCUT2D eigenvalue weighted by atomic mass is 9.89. The van der Waals surface area contributed by atoms with E-state index in [1.54, 1.807) is 13.2 Å². The maximum atomic E-state index is 11.5. The van der Waals surface area contributed by atoms with Gasteiger partial charge in [-0.1, -0.05) is 13.0 Å². The average molecular weight is 314 g/mol. The van der Waals surface area contributed by atoms with Gasteiger partial charge in [0.2, 0.25) is 5.79 Å². The first-order valence-electron chi connectivity index (χ1n) is 7.55. The van der Waals surface area contributed by atoms with Crippen molar-refractivity contribution in [3.8, 4) is 0 Å². The molecule has 1 fully saturated rings. The molecule has 0 N–H and O–H groups in total. The van der Waals surface area contributed by atoms with Gasteiger partial charge in [-0.3, -0.25) is 9.59 Å². The number of allylic oxidation sites excluding steroid dienone is 1. The Labute approximate surface area is 131 Å². The fraction of sp³-hybridized carbons (Fsp3) is 0.750. The van der Waals surface area contributed by atoms with E-state index in [-0.39, 0.29) is 30.2 Å². The topological polar surface area (TPSA) is 71.1 Å². The van der Waals surface area contributed by atoms with E-state index in [9.17, 15) is 9.59 Å². The normalized spacial score (nSPS) is 28.1. The van der Waals surface area contributed by atoms with E-state index >= 15 is 0 Å². The van der Waals surface area contributed by atoms with Gasteiger partial charge in [0.1, 0.15) is 11.9 Å². The molecule has 0 bridgehead atoms. The predicted octanol–water partition coefficient (Wildman–Crippen LogP) is 2.56. The summed E-state index contributed by atoms with van der Waals surface area (Å²) < 4.78 is 10.1. The zero-order valence-corrected chi connectivity index (χ0v) is 13.6. The molecule has 0 aromatic carbocycles. The van der Waals surface area contributed by atoms with E-state index < -0.39 is 5.79 Å². The van der Waals surface area contributed by atoms with Crippen LogP contribution in [0.15, 0.2) is 12.7 Å². The third-order valence-corrected chi connectivity index (χ3v) is 3.94. The number of ether oxygens (including phenoxy) is 2. The van der Waals surface area contributed by atoms with Crippen molar-refractivity contribution in [3.63, 3.8) is 0 Å². The van der Waals surface area contributed by atoms with Gasteiger partial charge in [-0.15, -0.1) is 6.58 Å². The summed E-state index contributed by atoms with van der Waals surface area (Å²) in [6, 6.07) is 0. The molecule has 0 saturated carbocycles. The molecule has 1 heterocycles. The van der Waals surface area contributed by atoms with E-state index in [0.29, 0.717) is 32.1 Å². The Balaban J connectivity index is 2.49. The highest BCUT2D eigenvalue weighted by molar-refractivity contribution is 5.79. The van der Waals surface area contributed by atoms with Crippen LogP contribution in [0.2, 0.25) is 0 Å². The molecule has 1 aliphatic heterocycles. The molecule has 1 saturated heterocycles. The second-order valence-electron chi connectivity index (χ2n) is 5.68. The summed E-state index contributed by atoms with van der Waals surface area (Å²) in [6.07, 6.45) is 4.05. The van der Waals surface area contributed by atoms with Gasteiger partial charge in [-0.05, 0) is 12.3 Å². The number of methoxy groups -OCH3 is 2. The molecule has 1 aliphatic rings. The van der Waals surface area contributed by atoms with Crippen molar-refractivity contribution in [1.29, 1.82) is 0 Å². The van der Waals surface area contributed by atoms with E-state index in [1.165, 1.54) is 7.11 Å². The summed E-state index contributed by atoms with van der Waals surface area (Å²) in [4.78, 5) is 33.6. The molecular weight excluding hydrogens is 288 g/mol. The zero-order chi connectivity index (χ0) is 16.6. The van der Waals surface area contributed by atoms with Crippen molar-refractivity contribution < 1.29 is 28.8 Å². The minimum atomic E-state index is -0.861. The van der Waals surface area contributed by atoms with Crippen LogP contribution in [0.5, 0.6) is 0 Å². The number of carbonyl (C=O) groups is 2. The summed E-state index contributed by atoms with van der Waals surface area (Å²) in [7, 11) is 2.90. The molecule has 22 heavy (non-hydrogen) atoms. The molecule has 0 radical (unpaired) electrons. The minimum absolute atomic E-state index is 0.0803. The second-order valence-corrected chi connectivity index (χ2v) is 5.68. The molecule has 1 rings (SSSR count). The Kier molecular flexibility index (Phi) is 7.72. The largest absolute Gasteiger partial charge is 0.469 e. The summed E-state index contributed by atoms with van der Waals surface area (Å²) in [5, 5.41) is 0. The van der Waals surface area contributed by atoms with Crippen molar-refractivity contribution >= 4 is 11.8 Å². The lowest BCUT2D eigenvalue weighted by Gasteiger charge is -2.40. The van der Waals surface area contributed by atoms with Gasteiger partial charge in [-0.25, -0.2) is 9.78 Å². The van der Waals surface area contributed by atoms with Crippen molar-refractivity contribution in [1.82, 2.24) is 0 Å². The fourth-order valence-electron chi connectivity index (χ4n) is 2.56. The first-order chi connectivity index (χ1) is 10.5. The van der Waals surface area contributed by atoms with E-state index in [0.717, 1.165) is 0 Å². The number of carbonyl (C=O) groups excluding carboxylic acids is 2. The van der Waals surface area contributed by atoms with Gasteiger partial charge in [0.15, 0.2) is 0 Å². The van der Waals surface area contributed by atoms with Crippen molar-refractivity contribution in [3.05, 3.63) is 12.7 Å². The lowest BCUT2D eigenvalue weighted by molar-refractivity contribution is -0.475. The van der Waals surface area contributed by atoms with Crippen LogP contribution in [-0.2, 0) is 28.8 Å². The SMILES string of the molecule is C=CCC(=O)CCC[C@]1(OC)C[C@H](C)[C@H](CC(=O)OC)OO1. The van der Waals surface area contributed by atoms with Gasteiger partial charge in [0.25, 0.3) is 0 Å². The van der Waals surface area contributed by atoms with Gasteiger partial charge >= 0.3 is 5.97 Å². The summed E-state index contributed by atoms with van der Waals surface area (Å²) in [5.41, 5.74) is 0. The van der Waals surface area contributed by atoms with Gasteiger partial charge < -0.3 is 9.47 Å². The van der Waals surface area contributed by atoms with E-state index in [1.807, 2.05) is 6.92 Å². The maximum Gasteiger partial charge on any atom is 0.308 e. The number of ketones is 1. The molecule has 0 aromatic heterocycles. The van der Waals surface area contributed by atoms with Gasteiger partial charge in [0, 0.05) is 32.8 Å². The molecule has 3 atom stereocenters. The highest BCUT2D eigenvalue weighted by atomic mass is 17.2. The number of hydrogen-bond donors (Lipinski definition) is 0. The van der Waals surface area contributed by atoms with Crippen LogP contribution in [0.25, 0.3) is 0 Å². The minimum Gasteiger partial charge on any atom is -0.469 e. The molecule has 0 spiro atoms. The third kappa shape index (κ3) is 5.51. The smallest absolute Gasteiger partial charge is 0.308 e. The van der Waals surface area contributed by atoms with Crippen LogP contribution in [0.1, 0.15) is 45.4 Å². The van der Waals surface area contributed by atoms with Crippen LogP contribution in [-0.4, -0.2) is 37.9 Å². The molecular formula is C16H26O6. The van der Waals surface area contributed by atoms with Crippen molar-refractivity contribution in [2.75, 3.05) is 14.2 Å². The molecule has 0 unspecified atom stereocenters. The van der Waals surface area contributed by atoms with E-state index in [2.05, 4.69) is 11.3 Å². The Hall–Kier alpha value is -1.24. The Bertz CT molecular complexity index is 394. The highest BCUT2D eigenvalue weighted by Crippen LogP contribution is 2.36. The van der Waals surface area contributed by atoms with Crippen LogP contribution < -0.4 is 0 Å². The van der Waals surface area contributed by atoms with Crippen LogP contribution >= 0.6 is 0 Å².